The zero-order valence-electron chi connectivity index (χ0n) is 16.8. The van der Waals surface area contributed by atoms with E-state index in [1.54, 1.807) is 17.0 Å². The fourth-order valence-electron chi connectivity index (χ4n) is 3.37. The molecule has 0 aliphatic carbocycles. The summed E-state index contributed by atoms with van der Waals surface area (Å²) in [6.45, 7) is 7.66. The monoisotopic (exact) mass is 400 g/mol. The SMILES string of the molecule is CCc1ccc(C(=O)N2CCN(S(=O)(=O)c3ccc(C(C)C)cc3)CC2)cc1. The molecule has 0 radical (unpaired) electrons. The minimum Gasteiger partial charge on any atom is -0.336 e. The predicted molar refractivity (Wildman–Crippen MR) is 111 cm³/mol. The molecular formula is C22H28N2O3S. The predicted octanol–water partition coefficient (Wildman–Crippen LogP) is 3.52. The fraction of sp³-hybridized carbons (Fsp3) is 0.409. The molecule has 1 aliphatic heterocycles. The molecule has 5 nitrogen and oxygen atoms in total. The summed E-state index contributed by atoms with van der Waals surface area (Å²) in [5, 5.41) is 0. The molecule has 1 fully saturated rings. The molecule has 1 saturated heterocycles. The average molecular weight is 401 g/mol. The van der Waals surface area contributed by atoms with Gasteiger partial charge in [-0.3, -0.25) is 4.79 Å². The van der Waals surface area contributed by atoms with Gasteiger partial charge >= 0.3 is 0 Å². The summed E-state index contributed by atoms with van der Waals surface area (Å²) in [4.78, 5) is 14.7. The van der Waals surface area contributed by atoms with Crippen molar-refractivity contribution in [1.82, 2.24) is 9.21 Å². The lowest BCUT2D eigenvalue weighted by atomic mass is 10.0. The summed E-state index contributed by atoms with van der Waals surface area (Å²) in [6.07, 6.45) is 0.934. The number of aryl methyl sites for hydroxylation is 1. The lowest BCUT2D eigenvalue weighted by Gasteiger charge is -2.34. The van der Waals surface area contributed by atoms with E-state index in [-0.39, 0.29) is 5.91 Å². The van der Waals surface area contributed by atoms with Gasteiger partial charge in [-0.25, -0.2) is 8.42 Å². The first-order chi connectivity index (χ1) is 13.3. The number of amides is 1. The van der Waals surface area contributed by atoms with E-state index in [1.165, 1.54) is 9.87 Å². The smallest absolute Gasteiger partial charge is 0.253 e. The molecule has 0 saturated carbocycles. The molecule has 0 N–H and O–H groups in total. The number of hydrogen-bond acceptors (Lipinski definition) is 3. The number of carbonyl (C=O) groups excluding carboxylic acids is 1. The second-order valence-electron chi connectivity index (χ2n) is 7.47. The molecule has 3 rings (SSSR count). The second kappa shape index (κ2) is 8.45. The van der Waals surface area contributed by atoms with Gasteiger partial charge in [0.2, 0.25) is 10.0 Å². The molecule has 0 spiro atoms. The van der Waals surface area contributed by atoms with E-state index in [2.05, 4.69) is 20.8 Å². The van der Waals surface area contributed by atoms with Crippen LogP contribution in [0.4, 0.5) is 0 Å². The van der Waals surface area contributed by atoms with E-state index in [4.69, 9.17) is 0 Å². The normalized spacial score (nSPS) is 15.8. The van der Waals surface area contributed by atoms with Crippen molar-refractivity contribution in [1.29, 1.82) is 0 Å². The largest absolute Gasteiger partial charge is 0.336 e. The van der Waals surface area contributed by atoms with E-state index in [0.717, 1.165) is 12.0 Å². The highest BCUT2D eigenvalue weighted by atomic mass is 32.2. The van der Waals surface area contributed by atoms with Gasteiger partial charge in [0.05, 0.1) is 4.90 Å². The molecule has 0 bridgehead atoms. The third-order valence-electron chi connectivity index (χ3n) is 5.32. The van der Waals surface area contributed by atoms with Crippen molar-refractivity contribution in [2.24, 2.45) is 0 Å². The number of nitrogens with zero attached hydrogens (tertiary/aromatic N) is 2. The zero-order chi connectivity index (χ0) is 20.3. The van der Waals surface area contributed by atoms with Crippen molar-refractivity contribution in [2.45, 2.75) is 38.0 Å². The van der Waals surface area contributed by atoms with Crippen LogP contribution in [0.15, 0.2) is 53.4 Å². The third kappa shape index (κ3) is 4.28. The summed E-state index contributed by atoms with van der Waals surface area (Å²) < 4.78 is 27.3. The van der Waals surface area contributed by atoms with Gasteiger partial charge < -0.3 is 4.90 Å². The molecule has 150 valence electrons. The van der Waals surface area contributed by atoms with Crippen LogP contribution in [0.2, 0.25) is 0 Å². The lowest BCUT2D eigenvalue weighted by Crippen LogP contribution is -2.50. The Bertz CT molecular complexity index is 911. The summed E-state index contributed by atoms with van der Waals surface area (Å²) in [5.74, 6) is 0.318. The van der Waals surface area contributed by atoms with Gasteiger partial charge in [0.1, 0.15) is 0 Å². The Morgan fingerprint density at radius 3 is 2.00 bits per heavy atom. The molecule has 0 unspecified atom stereocenters. The van der Waals surface area contributed by atoms with Crippen molar-refractivity contribution < 1.29 is 13.2 Å². The van der Waals surface area contributed by atoms with Crippen LogP contribution in [0.25, 0.3) is 0 Å². The first kappa shape index (κ1) is 20.6. The van der Waals surface area contributed by atoms with Gasteiger partial charge in [0, 0.05) is 31.7 Å². The van der Waals surface area contributed by atoms with Crippen molar-refractivity contribution in [3.8, 4) is 0 Å². The summed E-state index contributed by atoms with van der Waals surface area (Å²) in [7, 11) is -3.53. The average Bonchev–Trinajstić information content (AvgIpc) is 2.73. The Labute approximate surface area is 168 Å². The highest BCUT2D eigenvalue weighted by molar-refractivity contribution is 7.89. The Hall–Kier alpha value is -2.18. The number of carbonyl (C=O) groups is 1. The van der Waals surface area contributed by atoms with Crippen molar-refractivity contribution in [3.63, 3.8) is 0 Å². The Morgan fingerprint density at radius 1 is 0.929 bits per heavy atom. The Kier molecular flexibility index (Phi) is 6.20. The molecule has 1 aliphatic rings. The van der Waals surface area contributed by atoms with E-state index in [1.807, 2.05) is 36.4 Å². The van der Waals surface area contributed by atoms with E-state index in [0.29, 0.717) is 42.6 Å². The lowest BCUT2D eigenvalue weighted by molar-refractivity contribution is 0.0698. The standard InChI is InChI=1S/C22H28N2O3S/c1-4-18-5-7-20(8-6-18)22(25)23-13-15-24(16-14-23)28(26,27)21-11-9-19(10-12-21)17(2)3/h5-12,17H,4,13-16H2,1-3H3. The quantitative estimate of drug-likeness (QED) is 0.772. The molecule has 2 aromatic rings. The number of piperazine rings is 1. The van der Waals surface area contributed by atoms with E-state index < -0.39 is 10.0 Å². The van der Waals surface area contributed by atoms with Gasteiger partial charge in [0.25, 0.3) is 5.91 Å². The van der Waals surface area contributed by atoms with Gasteiger partial charge in [-0.05, 0) is 47.7 Å². The number of rotatable bonds is 5. The first-order valence-corrected chi connectivity index (χ1v) is 11.2. The topological polar surface area (TPSA) is 57.7 Å². The van der Waals surface area contributed by atoms with E-state index in [9.17, 15) is 13.2 Å². The van der Waals surface area contributed by atoms with Gasteiger partial charge in [-0.2, -0.15) is 4.31 Å². The molecule has 2 aromatic carbocycles. The maximum Gasteiger partial charge on any atom is 0.253 e. The van der Waals surface area contributed by atoms with Gasteiger partial charge in [-0.1, -0.05) is 45.0 Å². The van der Waals surface area contributed by atoms with Crippen LogP contribution in [0.3, 0.4) is 0 Å². The molecular weight excluding hydrogens is 372 g/mol. The number of sulfonamides is 1. The third-order valence-corrected chi connectivity index (χ3v) is 7.23. The Balaban J connectivity index is 1.65. The van der Waals surface area contributed by atoms with Crippen molar-refractivity contribution >= 4 is 15.9 Å². The number of hydrogen-bond donors (Lipinski definition) is 0. The van der Waals surface area contributed by atoms with Gasteiger partial charge in [-0.15, -0.1) is 0 Å². The van der Waals surface area contributed by atoms with Crippen molar-refractivity contribution in [2.75, 3.05) is 26.2 Å². The van der Waals surface area contributed by atoms with Crippen LogP contribution in [0.1, 0.15) is 48.2 Å². The fourth-order valence-corrected chi connectivity index (χ4v) is 4.79. The van der Waals surface area contributed by atoms with Gasteiger partial charge in [0.15, 0.2) is 0 Å². The molecule has 6 heteroatoms. The maximum absolute atomic E-state index is 12.9. The highest BCUT2D eigenvalue weighted by Gasteiger charge is 2.30. The van der Waals surface area contributed by atoms with Crippen LogP contribution in [0, 0.1) is 0 Å². The second-order valence-corrected chi connectivity index (χ2v) is 9.41. The van der Waals surface area contributed by atoms with Crippen LogP contribution < -0.4 is 0 Å². The molecule has 1 amide bonds. The van der Waals surface area contributed by atoms with Crippen LogP contribution >= 0.6 is 0 Å². The molecule has 1 heterocycles. The Morgan fingerprint density at radius 2 is 1.50 bits per heavy atom. The number of benzene rings is 2. The maximum atomic E-state index is 12.9. The van der Waals surface area contributed by atoms with E-state index >= 15 is 0 Å². The van der Waals surface area contributed by atoms with Crippen LogP contribution in [-0.2, 0) is 16.4 Å². The minimum absolute atomic E-state index is 0.0408. The molecule has 0 aromatic heterocycles. The first-order valence-electron chi connectivity index (χ1n) is 9.81. The van der Waals surface area contributed by atoms with Crippen molar-refractivity contribution in [3.05, 3.63) is 65.2 Å². The minimum atomic E-state index is -3.53. The molecule has 28 heavy (non-hydrogen) atoms. The highest BCUT2D eigenvalue weighted by Crippen LogP contribution is 2.21. The van der Waals surface area contributed by atoms with Crippen LogP contribution in [-0.4, -0.2) is 49.7 Å². The van der Waals surface area contributed by atoms with Crippen LogP contribution in [0.5, 0.6) is 0 Å². The zero-order valence-corrected chi connectivity index (χ0v) is 17.6. The summed E-state index contributed by atoms with van der Waals surface area (Å²) in [5.41, 5.74) is 2.96. The summed E-state index contributed by atoms with van der Waals surface area (Å²) >= 11 is 0. The summed E-state index contributed by atoms with van der Waals surface area (Å²) in [6, 6.07) is 14.7. The molecule has 0 atom stereocenters.